The minimum absolute atomic E-state index is 0.122. The number of ether oxygens (including phenoxy) is 1. The molecule has 0 atom stereocenters. The number of rotatable bonds is 6. The van der Waals surface area contributed by atoms with Crippen LogP contribution in [-0.4, -0.2) is 33.2 Å². The molecule has 128 valence electrons. The fourth-order valence-electron chi connectivity index (χ4n) is 2.96. The van der Waals surface area contributed by atoms with Crippen LogP contribution >= 0.6 is 0 Å². The fraction of sp³-hybridized carbons (Fsp3) is 0.588. The van der Waals surface area contributed by atoms with Crippen molar-refractivity contribution < 1.29 is 17.9 Å². The van der Waals surface area contributed by atoms with E-state index in [2.05, 4.69) is 5.32 Å². The molecule has 1 amide bonds. The summed E-state index contributed by atoms with van der Waals surface area (Å²) in [4.78, 5) is 12.0. The van der Waals surface area contributed by atoms with E-state index in [9.17, 15) is 13.2 Å². The van der Waals surface area contributed by atoms with Crippen molar-refractivity contribution in [1.29, 1.82) is 0 Å². The number of methoxy groups -OCH3 is 1. The van der Waals surface area contributed by atoms with Gasteiger partial charge < -0.3 is 10.1 Å². The monoisotopic (exact) mass is 339 g/mol. The first kappa shape index (κ1) is 17.8. The van der Waals surface area contributed by atoms with Crippen LogP contribution in [0.15, 0.2) is 24.3 Å². The van der Waals surface area contributed by atoms with Gasteiger partial charge in [0.05, 0.1) is 12.9 Å². The van der Waals surface area contributed by atoms with Gasteiger partial charge >= 0.3 is 0 Å². The Morgan fingerprint density at radius 1 is 1.22 bits per heavy atom. The summed E-state index contributed by atoms with van der Waals surface area (Å²) < 4.78 is 29.5. The van der Waals surface area contributed by atoms with Crippen LogP contribution in [0.2, 0.25) is 0 Å². The number of hydrogen-bond acceptors (Lipinski definition) is 4. The van der Waals surface area contributed by atoms with E-state index in [-0.39, 0.29) is 17.7 Å². The summed E-state index contributed by atoms with van der Waals surface area (Å²) in [6.45, 7) is 0. The van der Waals surface area contributed by atoms with Gasteiger partial charge in [-0.25, -0.2) is 8.42 Å². The molecule has 1 aliphatic rings. The highest BCUT2D eigenvalue weighted by molar-refractivity contribution is 7.91. The number of nitrogens with one attached hydrogen (secondary N) is 1. The summed E-state index contributed by atoms with van der Waals surface area (Å²) in [7, 11) is -1.95. The van der Waals surface area contributed by atoms with E-state index in [1.165, 1.54) is 20.0 Å². The second-order valence-corrected chi connectivity index (χ2v) is 8.20. The average molecular weight is 339 g/mol. The lowest BCUT2D eigenvalue weighted by atomic mass is 10.1. The van der Waals surface area contributed by atoms with Crippen molar-refractivity contribution in [2.75, 3.05) is 12.9 Å². The zero-order valence-electron chi connectivity index (χ0n) is 13.6. The second-order valence-electron chi connectivity index (χ2n) is 6.14. The molecule has 1 fully saturated rings. The summed E-state index contributed by atoms with van der Waals surface area (Å²) in [5.74, 6) is -0.386. The molecular formula is C17H25NO4S. The molecular weight excluding hydrogens is 314 g/mol. The van der Waals surface area contributed by atoms with E-state index >= 15 is 0 Å². The normalized spacial score (nSPS) is 16.6. The predicted octanol–water partition coefficient (Wildman–Crippen LogP) is 2.45. The van der Waals surface area contributed by atoms with Crippen molar-refractivity contribution in [3.8, 4) is 5.75 Å². The minimum atomic E-state index is -3.49. The standard InChI is InChI=1S/C17H25NO4S/c1-22-16-10-6-7-14(11-16)12-23(20,21)13-17(19)18-15-8-4-2-3-5-9-15/h6-7,10-11,15H,2-5,8-9,12-13H2,1H3,(H,18,19). The van der Waals surface area contributed by atoms with E-state index in [4.69, 9.17) is 4.74 Å². The first-order valence-electron chi connectivity index (χ1n) is 8.11. The van der Waals surface area contributed by atoms with Crippen molar-refractivity contribution in [2.45, 2.75) is 50.3 Å². The highest BCUT2D eigenvalue weighted by Gasteiger charge is 2.21. The summed E-state index contributed by atoms with van der Waals surface area (Å²) in [6, 6.07) is 7.03. The number of benzene rings is 1. The molecule has 0 spiro atoms. The molecule has 5 nitrogen and oxygen atoms in total. The smallest absolute Gasteiger partial charge is 0.235 e. The molecule has 0 radical (unpaired) electrons. The van der Waals surface area contributed by atoms with Gasteiger partial charge in [-0.1, -0.05) is 37.8 Å². The van der Waals surface area contributed by atoms with Gasteiger partial charge in [-0.3, -0.25) is 4.79 Å². The highest BCUT2D eigenvalue weighted by Crippen LogP contribution is 2.18. The van der Waals surface area contributed by atoms with Gasteiger partial charge in [0.2, 0.25) is 5.91 Å². The number of sulfone groups is 1. The largest absolute Gasteiger partial charge is 0.497 e. The Morgan fingerprint density at radius 2 is 1.91 bits per heavy atom. The summed E-state index contributed by atoms with van der Waals surface area (Å²) >= 11 is 0. The summed E-state index contributed by atoms with van der Waals surface area (Å²) in [5.41, 5.74) is 0.631. The van der Waals surface area contributed by atoms with Gasteiger partial charge in [0, 0.05) is 6.04 Å². The maximum atomic E-state index is 12.2. The third kappa shape index (κ3) is 6.22. The summed E-state index contributed by atoms with van der Waals surface area (Å²) in [5, 5.41) is 2.88. The van der Waals surface area contributed by atoms with Crippen LogP contribution in [0.4, 0.5) is 0 Å². The fourth-order valence-corrected chi connectivity index (χ4v) is 4.23. The van der Waals surface area contributed by atoms with E-state index in [0.29, 0.717) is 11.3 Å². The van der Waals surface area contributed by atoms with Gasteiger partial charge in [-0.15, -0.1) is 0 Å². The molecule has 0 heterocycles. The van der Waals surface area contributed by atoms with Gasteiger partial charge in [0.25, 0.3) is 0 Å². The lowest BCUT2D eigenvalue weighted by Gasteiger charge is -2.16. The van der Waals surface area contributed by atoms with Crippen LogP contribution in [-0.2, 0) is 20.4 Å². The molecule has 0 aliphatic heterocycles. The maximum Gasteiger partial charge on any atom is 0.235 e. The van der Waals surface area contributed by atoms with Gasteiger partial charge in [-0.2, -0.15) is 0 Å². The quantitative estimate of drug-likeness (QED) is 0.808. The molecule has 0 saturated heterocycles. The van der Waals surface area contributed by atoms with Gasteiger partial charge in [0.15, 0.2) is 9.84 Å². The first-order chi connectivity index (χ1) is 11.0. The summed E-state index contributed by atoms with van der Waals surface area (Å²) in [6.07, 6.45) is 6.48. The zero-order chi connectivity index (χ0) is 16.7. The Balaban J connectivity index is 1.90. The predicted molar refractivity (Wildman–Crippen MR) is 90.1 cm³/mol. The van der Waals surface area contributed by atoms with Crippen molar-refractivity contribution in [3.63, 3.8) is 0 Å². The van der Waals surface area contributed by atoms with E-state index < -0.39 is 15.6 Å². The highest BCUT2D eigenvalue weighted by atomic mass is 32.2. The molecule has 1 aliphatic carbocycles. The molecule has 1 aromatic carbocycles. The van der Waals surface area contributed by atoms with Crippen molar-refractivity contribution >= 4 is 15.7 Å². The first-order valence-corrected chi connectivity index (χ1v) is 9.93. The van der Waals surface area contributed by atoms with E-state index in [1.807, 2.05) is 0 Å². The molecule has 1 aromatic rings. The number of carbonyl (C=O) groups excluding carboxylic acids is 1. The Kier molecular flexibility index (Phi) is 6.45. The molecule has 0 aromatic heterocycles. The Labute approximate surface area is 138 Å². The van der Waals surface area contributed by atoms with Crippen LogP contribution in [0.1, 0.15) is 44.1 Å². The van der Waals surface area contributed by atoms with E-state index in [0.717, 1.165) is 25.7 Å². The van der Waals surface area contributed by atoms with Gasteiger partial charge in [-0.05, 0) is 30.5 Å². The number of carbonyl (C=O) groups is 1. The molecule has 6 heteroatoms. The number of hydrogen-bond donors (Lipinski definition) is 1. The minimum Gasteiger partial charge on any atom is -0.497 e. The van der Waals surface area contributed by atoms with E-state index in [1.54, 1.807) is 24.3 Å². The topological polar surface area (TPSA) is 72.5 Å². The molecule has 0 bridgehead atoms. The van der Waals surface area contributed by atoms with Gasteiger partial charge in [0.1, 0.15) is 11.5 Å². The van der Waals surface area contributed by atoms with Crippen molar-refractivity contribution in [2.24, 2.45) is 0 Å². The lowest BCUT2D eigenvalue weighted by Crippen LogP contribution is -2.38. The maximum absolute atomic E-state index is 12.2. The molecule has 1 N–H and O–H groups in total. The molecule has 2 rings (SSSR count). The molecule has 1 saturated carbocycles. The SMILES string of the molecule is COc1cccc(CS(=O)(=O)CC(=O)NC2CCCCCC2)c1. The lowest BCUT2D eigenvalue weighted by molar-refractivity contribution is -0.119. The Bertz CT molecular complexity index is 619. The Morgan fingerprint density at radius 3 is 2.57 bits per heavy atom. The van der Waals surface area contributed by atoms with Crippen LogP contribution in [0.5, 0.6) is 5.75 Å². The Hall–Kier alpha value is -1.56. The number of amides is 1. The second kappa shape index (κ2) is 8.34. The third-order valence-corrected chi connectivity index (χ3v) is 5.57. The van der Waals surface area contributed by atoms with Crippen LogP contribution in [0.25, 0.3) is 0 Å². The van der Waals surface area contributed by atoms with Crippen LogP contribution in [0.3, 0.4) is 0 Å². The molecule has 23 heavy (non-hydrogen) atoms. The average Bonchev–Trinajstić information content (AvgIpc) is 2.74. The third-order valence-electron chi connectivity index (χ3n) is 4.09. The van der Waals surface area contributed by atoms with Crippen molar-refractivity contribution in [1.82, 2.24) is 5.32 Å². The van der Waals surface area contributed by atoms with Crippen LogP contribution < -0.4 is 10.1 Å². The zero-order valence-corrected chi connectivity index (χ0v) is 14.4. The molecule has 0 unspecified atom stereocenters. The van der Waals surface area contributed by atoms with Crippen molar-refractivity contribution in [3.05, 3.63) is 29.8 Å². The van der Waals surface area contributed by atoms with Crippen LogP contribution in [0, 0.1) is 0 Å².